The molecule has 80 valence electrons. The van der Waals surface area contributed by atoms with E-state index >= 15 is 0 Å². The minimum Gasteiger partial charge on any atom is -0.508 e. The predicted molar refractivity (Wildman–Crippen MR) is 68.6 cm³/mol. The molecule has 16 heavy (non-hydrogen) atoms. The first-order valence-corrected chi connectivity index (χ1v) is 5.29. The van der Waals surface area contributed by atoms with Crippen molar-refractivity contribution in [2.24, 2.45) is 0 Å². The Bertz CT molecular complexity index is 518. The first-order valence-electron chi connectivity index (χ1n) is 4.91. The quantitative estimate of drug-likeness (QED) is 0.752. The summed E-state index contributed by atoms with van der Waals surface area (Å²) in [5.74, 6) is 0.0292. The third-order valence-electron chi connectivity index (χ3n) is 2.39. The van der Waals surface area contributed by atoms with Crippen molar-refractivity contribution in [3.63, 3.8) is 0 Å². The van der Waals surface area contributed by atoms with Crippen LogP contribution in [0.4, 0.5) is 0 Å². The van der Waals surface area contributed by atoms with Gasteiger partial charge in [0.15, 0.2) is 0 Å². The molecular weight excluding hydrogens is 220 g/mol. The van der Waals surface area contributed by atoms with Gasteiger partial charge in [-0.05, 0) is 11.6 Å². The zero-order valence-electron chi connectivity index (χ0n) is 8.65. The van der Waals surface area contributed by atoms with Gasteiger partial charge in [0.25, 0.3) is 0 Å². The maximum atomic E-state index is 9.26. The Morgan fingerprint density at radius 3 is 2.31 bits per heavy atom. The van der Waals surface area contributed by atoms with Crippen molar-refractivity contribution >= 4 is 17.4 Å². The van der Waals surface area contributed by atoms with E-state index in [4.69, 9.17) is 11.6 Å². The Morgan fingerprint density at radius 1 is 1.06 bits per heavy atom. The smallest absolute Gasteiger partial charge is 0.115 e. The Hall–Kier alpha value is -1.73. The molecule has 2 rings (SSSR count). The van der Waals surface area contributed by atoms with Gasteiger partial charge in [-0.2, -0.15) is 0 Å². The third-order valence-corrected chi connectivity index (χ3v) is 2.70. The fraction of sp³-hybridized carbons (Fsp3) is 0. The van der Waals surface area contributed by atoms with Crippen LogP contribution in [-0.4, -0.2) is 5.11 Å². The Labute approximate surface area is 99.6 Å². The molecule has 0 saturated carbocycles. The lowest BCUT2D eigenvalue weighted by Crippen LogP contribution is -1.84. The van der Waals surface area contributed by atoms with Crippen LogP contribution >= 0.6 is 11.6 Å². The van der Waals surface area contributed by atoms with Crippen LogP contribution in [0.5, 0.6) is 0 Å². The van der Waals surface area contributed by atoms with Crippen LogP contribution in [0.15, 0.2) is 55.1 Å². The maximum absolute atomic E-state index is 9.26. The highest BCUT2D eigenvalue weighted by atomic mass is 35.5. The standard InChI is InChI=1S/C14H11ClO/c1-10(16)12-7-8-13(14(15)9-12)11-5-3-2-4-6-11/h2-9,16H,1H2. The number of rotatable bonds is 2. The zero-order valence-corrected chi connectivity index (χ0v) is 9.41. The number of aliphatic hydroxyl groups excluding tert-OH is 1. The van der Waals surface area contributed by atoms with E-state index in [-0.39, 0.29) is 5.76 Å². The van der Waals surface area contributed by atoms with Gasteiger partial charge in [-0.3, -0.25) is 0 Å². The zero-order chi connectivity index (χ0) is 11.5. The van der Waals surface area contributed by atoms with Crippen molar-refractivity contribution in [3.8, 4) is 11.1 Å². The number of hydrogen-bond acceptors (Lipinski definition) is 1. The molecular formula is C14H11ClO. The van der Waals surface area contributed by atoms with Gasteiger partial charge in [-0.1, -0.05) is 60.6 Å². The molecule has 2 heteroatoms. The largest absolute Gasteiger partial charge is 0.508 e. The third kappa shape index (κ3) is 2.10. The number of benzene rings is 2. The second-order valence-electron chi connectivity index (χ2n) is 3.51. The van der Waals surface area contributed by atoms with Crippen LogP contribution in [0.3, 0.4) is 0 Å². The Kier molecular flexibility index (Phi) is 2.97. The summed E-state index contributed by atoms with van der Waals surface area (Å²) in [7, 11) is 0. The molecule has 0 radical (unpaired) electrons. The van der Waals surface area contributed by atoms with Gasteiger partial charge in [0.2, 0.25) is 0 Å². The average Bonchev–Trinajstić information content (AvgIpc) is 2.30. The van der Waals surface area contributed by atoms with Crippen molar-refractivity contribution in [1.82, 2.24) is 0 Å². The molecule has 1 nitrogen and oxygen atoms in total. The molecule has 2 aromatic rings. The summed E-state index contributed by atoms with van der Waals surface area (Å²) in [5.41, 5.74) is 2.65. The molecule has 0 unspecified atom stereocenters. The molecule has 0 fully saturated rings. The molecule has 0 aliphatic heterocycles. The van der Waals surface area contributed by atoms with Crippen molar-refractivity contribution < 1.29 is 5.11 Å². The fourth-order valence-electron chi connectivity index (χ4n) is 1.55. The minimum atomic E-state index is 0.0292. The summed E-state index contributed by atoms with van der Waals surface area (Å²) in [4.78, 5) is 0. The second kappa shape index (κ2) is 4.42. The van der Waals surface area contributed by atoms with Gasteiger partial charge in [0.05, 0.1) is 0 Å². The van der Waals surface area contributed by atoms with E-state index in [1.165, 1.54) is 0 Å². The highest BCUT2D eigenvalue weighted by molar-refractivity contribution is 6.33. The van der Waals surface area contributed by atoms with E-state index in [1.807, 2.05) is 36.4 Å². The van der Waals surface area contributed by atoms with E-state index in [0.29, 0.717) is 10.6 Å². The molecule has 0 atom stereocenters. The van der Waals surface area contributed by atoms with Crippen LogP contribution in [0.1, 0.15) is 5.56 Å². The normalized spacial score (nSPS) is 10.1. The lowest BCUT2D eigenvalue weighted by Gasteiger charge is -2.06. The van der Waals surface area contributed by atoms with Gasteiger partial charge in [-0.25, -0.2) is 0 Å². The lowest BCUT2D eigenvalue weighted by atomic mass is 10.0. The Balaban J connectivity index is 2.48. The van der Waals surface area contributed by atoms with E-state index < -0.39 is 0 Å². The van der Waals surface area contributed by atoms with Crippen LogP contribution in [0.25, 0.3) is 16.9 Å². The molecule has 2 aromatic carbocycles. The number of hydrogen-bond donors (Lipinski definition) is 1. The summed E-state index contributed by atoms with van der Waals surface area (Å²) >= 11 is 6.16. The van der Waals surface area contributed by atoms with Crippen LogP contribution in [0.2, 0.25) is 5.02 Å². The molecule has 0 aliphatic carbocycles. The molecule has 0 spiro atoms. The van der Waals surface area contributed by atoms with Crippen molar-refractivity contribution in [3.05, 3.63) is 65.7 Å². The van der Waals surface area contributed by atoms with E-state index in [9.17, 15) is 5.11 Å². The van der Waals surface area contributed by atoms with E-state index in [2.05, 4.69) is 6.58 Å². The highest BCUT2D eigenvalue weighted by Gasteiger charge is 2.05. The van der Waals surface area contributed by atoms with Crippen LogP contribution < -0.4 is 0 Å². The van der Waals surface area contributed by atoms with Gasteiger partial charge in [0, 0.05) is 16.1 Å². The van der Waals surface area contributed by atoms with Gasteiger partial charge in [-0.15, -0.1) is 0 Å². The number of halogens is 1. The summed E-state index contributed by atoms with van der Waals surface area (Å²) < 4.78 is 0. The van der Waals surface area contributed by atoms with Gasteiger partial charge in [0.1, 0.15) is 5.76 Å². The number of aliphatic hydroxyl groups is 1. The predicted octanol–water partition coefficient (Wildman–Crippen LogP) is 4.54. The van der Waals surface area contributed by atoms with Crippen LogP contribution in [-0.2, 0) is 0 Å². The SMILES string of the molecule is C=C(O)c1ccc(-c2ccccc2)c(Cl)c1. The summed E-state index contributed by atoms with van der Waals surface area (Å²) in [6.45, 7) is 3.47. The average molecular weight is 231 g/mol. The van der Waals surface area contributed by atoms with E-state index in [0.717, 1.165) is 11.1 Å². The van der Waals surface area contributed by atoms with Crippen LogP contribution in [0, 0.1) is 0 Å². The molecule has 0 saturated heterocycles. The van der Waals surface area contributed by atoms with Crippen molar-refractivity contribution in [2.75, 3.05) is 0 Å². The summed E-state index contributed by atoms with van der Waals surface area (Å²) in [5, 5.41) is 9.87. The maximum Gasteiger partial charge on any atom is 0.115 e. The first-order chi connectivity index (χ1) is 7.68. The first kappa shape index (κ1) is 10.8. The van der Waals surface area contributed by atoms with Crippen molar-refractivity contribution in [2.45, 2.75) is 0 Å². The topological polar surface area (TPSA) is 20.2 Å². The molecule has 0 aromatic heterocycles. The molecule has 0 aliphatic rings. The fourth-order valence-corrected chi connectivity index (χ4v) is 1.84. The summed E-state index contributed by atoms with van der Waals surface area (Å²) in [6, 6.07) is 15.3. The van der Waals surface area contributed by atoms with Gasteiger partial charge < -0.3 is 5.11 Å². The Morgan fingerprint density at radius 2 is 1.75 bits per heavy atom. The molecule has 0 heterocycles. The molecule has 0 bridgehead atoms. The lowest BCUT2D eigenvalue weighted by molar-refractivity contribution is 0.514. The molecule has 0 amide bonds. The second-order valence-corrected chi connectivity index (χ2v) is 3.91. The monoisotopic (exact) mass is 230 g/mol. The van der Waals surface area contributed by atoms with Crippen molar-refractivity contribution in [1.29, 1.82) is 0 Å². The minimum absolute atomic E-state index is 0.0292. The molecule has 1 N–H and O–H groups in total. The highest BCUT2D eigenvalue weighted by Crippen LogP contribution is 2.29. The van der Waals surface area contributed by atoms with Gasteiger partial charge >= 0.3 is 0 Å². The summed E-state index contributed by atoms with van der Waals surface area (Å²) in [6.07, 6.45) is 0. The van der Waals surface area contributed by atoms with E-state index in [1.54, 1.807) is 12.1 Å².